The Hall–Kier alpha value is -1.99. The fraction of sp³-hybridized carbons (Fsp3) is 0.786. The lowest BCUT2D eigenvalue weighted by Gasteiger charge is -2.55. The van der Waals surface area contributed by atoms with Gasteiger partial charge in [-0.25, -0.2) is 0 Å². The summed E-state index contributed by atoms with van der Waals surface area (Å²) in [4.78, 5) is 6.02. The molecular formula is C14H20N8. The number of rotatable bonds is 3. The first-order chi connectivity index (χ1) is 10.7. The molecule has 0 unspecified atom stereocenters. The molecule has 4 saturated carbocycles. The topological polar surface area (TPSA) is 111 Å². The van der Waals surface area contributed by atoms with Crippen LogP contribution in [0.4, 0.5) is 5.95 Å². The Morgan fingerprint density at radius 2 is 1.82 bits per heavy atom. The van der Waals surface area contributed by atoms with Gasteiger partial charge in [-0.2, -0.15) is 9.78 Å². The molecular weight excluding hydrogens is 280 g/mol. The summed E-state index contributed by atoms with van der Waals surface area (Å²) in [7, 11) is 0. The maximum absolute atomic E-state index is 5.52. The molecule has 2 aromatic heterocycles. The zero-order valence-corrected chi connectivity index (χ0v) is 12.4. The molecule has 6 rings (SSSR count). The van der Waals surface area contributed by atoms with Crippen molar-refractivity contribution in [3.05, 3.63) is 11.6 Å². The van der Waals surface area contributed by atoms with Crippen molar-refractivity contribution in [3.8, 4) is 0 Å². The molecule has 4 aliphatic carbocycles. The van der Waals surface area contributed by atoms with Crippen molar-refractivity contribution < 1.29 is 0 Å². The first-order valence-electron chi connectivity index (χ1n) is 8.15. The summed E-state index contributed by atoms with van der Waals surface area (Å²) in [6, 6.07) is 0. The lowest BCUT2D eigenvalue weighted by Crippen LogP contribution is -2.52. The third-order valence-electron chi connectivity index (χ3n) is 5.76. The van der Waals surface area contributed by atoms with Crippen LogP contribution in [0.15, 0.2) is 0 Å². The highest BCUT2D eigenvalue weighted by atomic mass is 15.6. The molecule has 2 aromatic rings. The van der Waals surface area contributed by atoms with Crippen molar-refractivity contribution in [1.82, 2.24) is 35.4 Å². The fourth-order valence-electron chi connectivity index (χ4n) is 5.36. The third-order valence-corrected chi connectivity index (χ3v) is 5.76. The van der Waals surface area contributed by atoms with Crippen molar-refractivity contribution in [2.24, 2.45) is 17.8 Å². The van der Waals surface area contributed by atoms with Gasteiger partial charge in [-0.1, -0.05) is 0 Å². The largest absolute Gasteiger partial charge is 0.367 e. The molecule has 8 heteroatoms. The van der Waals surface area contributed by atoms with Crippen LogP contribution in [0, 0.1) is 17.8 Å². The zero-order chi connectivity index (χ0) is 14.7. The van der Waals surface area contributed by atoms with Crippen LogP contribution in [-0.2, 0) is 12.0 Å². The first-order valence-corrected chi connectivity index (χ1v) is 8.15. The monoisotopic (exact) mass is 300 g/mol. The maximum atomic E-state index is 5.52. The lowest BCUT2D eigenvalue weighted by atomic mass is 9.53. The first kappa shape index (κ1) is 12.5. The molecule has 0 spiro atoms. The summed E-state index contributed by atoms with van der Waals surface area (Å²) in [5.41, 5.74) is 5.65. The molecule has 0 aromatic carbocycles. The molecule has 0 radical (unpaired) electrons. The highest BCUT2D eigenvalue weighted by Gasteiger charge is 2.53. The van der Waals surface area contributed by atoms with Gasteiger partial charge in [-0.15, -0.1) is 15.3 Å². The van der Waals surface area contributed by atoms with E-state index in [1.54, 1.807) is 0 Å². The minimum absolute atomic E-state index is 0.125. The summed E-state index contributed by atoms with van der Waals surface area (Å²) < 4.78 is 0. The van der Waals surface area contributed by atoms with Gasteiger partial charge < -0.3 is 5.73 Å². The molecule has 3 N–H and O–H groups in total. The number of tetrazole rings is 1. The molecule has 0 saturated heterocycles. The van der Waals surface area contributed by atoms with Crippen LogP contribution in [0.2, 0.25) is 0 Å². The van der Waals surface area contributed by atoms with Gasteiger partial charge in [0.1, 0.15) is 5.82 Å². The van der Waals surface area contributed by atoms with Gasteiger partial charge in [0.2, 0.25) is 5.95 Å². The second-order valence-electron chi connectivity index (χ2n) is 7.45. The summed E-state index contributed by atoms with van der Waals surface area (Å²) >= 11 is 0. The van der Waals surface area contributed by atoms with E-state index in [1.807, 2.05) is 4.80 Å². The lowest BCUT2D eigenvalue weighted by molar-refractivity contribution is -0.0575. The minimum atomic E-state index is 0.125. The average Bonchev–Trinajstić information content (AvgIpc) is 3.07. The number of nitrogens with zero attached hydrogens (tertiary/aromatic N) is 6. The molecule has 22 heavy (non-hydrogen) atoms. The second kappa shape index (κ2) is 4.27. The zero-order valence-electron chi connectivity index (χ0n) is 12.4. The van der Waals surface area contributed by atoms with Crippen molar-refractivity contribution in [2.75, 3.05) is 5.73 Å². The van der Waals surface area contributed by atoms with Crippen LogP contribution in [-0.4, -0.2) is 35.4 Å². The predicted octanol–water partition coefficient (Wildman–Crippen LogP) is 0.889. The van der Waals surface area contributed by atoms with Crippen molar-refractivity contribution >= 4 is 5.95 Å². The number of aromatic nitrogens is 7. The maximum Gasteiger partial charge on any atom is 0.239 e. The number of H-pyrrole nitrogens is 1. The van der Waals surface area contributed by atoms with E-state index in [0.717, 1.165) is 17.8 Å². The van der Waals surface area contributed by atoms with Gasteiger partial charge in [0.15, 0.2) is 5.82 Å². The second-order valence-corrected chi connectivity index (χ2v) is 7.45. The van der Waals surface area contributed by atoms with E-state index in [2.05, 4.69) is 30.6 Å². The smallest absolute Gasteiger partial charge is 0.239 e. The summed E-state index contributed by atoms with van der Waals surface area (Å²) in [6.45, 7) is 0. The van der Waals surface area contributed by atoms with Gasteiger partial charge in [0.05, 0.1) is 12.0 Å². The van der Waals surface area contributed by atoms with E-state index in [-0.39, 0.29) is 11.5 Å². The van der Waals surface area contributed by atoms with Gasteiger partial charge >= 0.3 is 0 Å². The van der Waals surface area contributed by atoms with Gasteiger partial charge in [0.25, 0.3) is 0 Å². The number of nitrogen functional groups attached to an aromatic ring is 1. The number of nitrogens with one attached hydrogen (secondary N) is 1. The molecule has 0 amide bonds. The number of nitrogens with two attached hydrogens (primary N) is 1. The quantitative estimate of drug-likeness (QED) is 0.870. The van der Waals surface area contributed by atoms with Gasteiger partial charge in [-0.3, -0.25) is 5.10 Å². The molecule has 4 bridgehead atoms. The molecule has 4 fully saturated rings. The Morgan fingerprint density at radius 3 is 2.41 bits per heavy atom. The van der Waals surface area contributed by atoms with Crippen molar-refractivity contribution in [2.45, 2.75) is 50.5 Å². The highest BCUT2D eigenvalue weighted by molar-refractivity contribution is 5.14. The number of hydrogen-bond donors (Lipinski definition) is 2. The van der Waals surface area contributed by atoms with Crippen LogP contribution >= 0.6 is 0 Å². The van der Waals surface area contributed by atoms with Crippen LogP contribution < -0.4 is 5.73 Å². The Morgan fingerprint density at radius 1 is 1.14 bits per heavy atom. The van der Waals surface area contributed by atoms with E-state index in [4.69, 9.17) is 5.73 Å². The predicted molar refractivity (Wildman–Crippen MR) is 77.6 cm³/mol. The van der Waals surface area contributed by atoms with Crippen LogP contribution in [0.3, 0.4) is 0 Å². The SMILES string of the molecule is Nc1n[nH]c(Cc2nnn(C34CC5CC(CC(C5)C3)C4)n2)n1. The highest BCUT2D eigenvalue weighted by Crippen LogP contribution is 2.58. The third kappa shape index (κ3) is 1.85. The molecule has 0 aliphatic heterocycles. The number of aromatic amines is 1. The Bertz CT molecular complexity index is 666. The van der Waals surface area contributed by atoms with Crippen LogP contribution in [0.1, 0.15) is 50.2 Å². The Labute approximate surface area is 127 Å². The molecule has 116 valence electrons. The minimum Gasteiger partial charge on any atom is -0.367 e. The summed E-state index contributed by atoms with van der Waals surface area (Å²) in [5.74, 6) is 4.23. The van der Waals surface area contributed by atoms with E-state index in [9.17, 15) is 0 Å². The fourth-order valence-corrected chi connectivity index (χ4v) is 5.36. The molecule has 4 aliphatic rings. The van der Waals surface area contributed by atoms with Crippen LogP contribution in [0.5, 0.6) is 0 Å². The van der Waals surface area contributed by atoms with Gasteiger partial charge in [0, 0.05) is 0 Å². The van der Waals surface area contributed by atoms with Crippen molar-refractivity contribution in [1.29, 1.82) is 0 Å². The standard InChI is InChI=1S/C14H20N8/c15-13-16-11(17-19-13)4-12-18-21-22(20-12)14-5-8-1-9(6-14)3-10(2-8)7-14/h8-10H,1-7H2,(H3,15,16,17,19). The van der Waals surface area contributed by atoms with E-state index < -0.39 is 0 Å². The summed E-state index contributed by atoms with van der Waals surface area (Å²) in [5, 5.41) is 19.9. The van der Waals surface area contributed by atoms with E-state index in [1.165, 1.54) is 38.5 Å². The van der Waals surface area contributed by atoms with Crippen molar-refractivity contribution in [3.63, 3.8) is 0 Å². The van der Waals surface area contributed by atoms with Gasteiger partial charge in [-0.05, 0) is 61.5 Å². The summed E-state index contributed by atoms with van der Waals surface area (Å²) in [6.07, 6.45) is 8.42. The molecule has 8 nitrogen and oxygen atoms in total. The van der Waals surface area contributed by atoms with Crippen LogP contribution in [0.25, 0.3) is 0 Å². The Balaban J connectivity index is 1.42. The number of anilines is 1. The van der Waals surface area contributed by atoms with E-state index >= 15 is 0 Å². The molecule has 0 atom stereocenters. The molecule has 2 heterocycles. The van der Waals surface area contributed by atoms with E-state index in [0.29, 0.717) is 18.1 Å². The number of hydrogen-bond acceptors (Lipinski definition) is 6. The Kier molecular flexibility index (Phi) is 2.43. The normalized spacial score (nSPS) is 36.1. The average molecular weight is 300 g/mol.